The molecular formula is C28H31FN4O4S. The number of hydrogen-bond donors (Lipinski definition) is 2. The second-order valence-corrected chi connectivity index (χ2v) is 10.1. The highest BCUT2D eigenvalue weighted by Crippen LogP contribution is 2.30. The van der Waals surface area contributed by atoms with Gasteiger partial charge in [0.2, 0.25) is 11.8 Å². The summed E-state index contributed by atoms with van der Waals surface area (Å²) in [6.07, 6.45) is 2.48. The number of carbonyl (C=O) groups is 3. The van der Waals surface area contributed by atoms with Gasteiger partial charge in [-0.05, 0) is 49.1 Å². The van der Waals surface area contributed by atoms with Crippen molar-refractivity contribution in [1.29, 1.82) is 0 Å². The maximum Gasteiger partial charge on any atom is 0.270 e. The molecule has 38 heavy (non-hydrogen) atoms. The molecular weight excluding hydrogens is 507 g/mol. The number of hydrogen-bond acceptors (Lipinski definition) is 6. The Labute approximate surface area is 225 Å². The molecule has 2 N–H and O–H groups in total. The molecule has 1 saturated heterocycles. The first-order valence-corrected chi connectivity index (χ1v) is 13.5. The number of carbonyl (C=O) groups excluding carboxylic acids is 3. The van der Waals surface area contributed by atoms with Gasteiger partial charge in [0.1, 0.15) is 17.3 Å². The van der Waals surface area contributed by atoms with Crippen LogP contribution in [-0.4, -0.2) is 53.8 Å². The molecule has 4 rings (SSSR count). The summed E-state index contributed by atoms with van der Waals surface area (Å²) in [5.74, 6) is 0.239. The molecule has 2 aromatic carbocycles. The quantitative estimate of drug-likeness (QED) is 0.373. The topological polar surface area (TPSA) is 101 Å². The van der Waals surface area contributed by atoms with E-state index in [0.717, 1.165) is 23.4 Å². The van der Waals surface area contributed by atoms with Crippen molar-refractivity contribution in [1.82, 2.24) is 15.2 Å². The van der Waals surface area contributed by atoms with E-state index in [2.05, 4.69) is 15.6 Å². The standard InChI is InChI=1S/C28H31FN4O4S/c1-19(34)31-23-4-2-5-24(17-23)37-15-3-12-30-27(36)25-18-38-28(32-25)21-10-13-33(14-11-21)26(35)16-20-6-8-22(29)9-7-20/h2,4-9,17-18,21H,3,10-16H2,1H3,(H,30,36)(H,31,34). The lowest BCUT2D eigenvalue weighted by Gasteiger charge is -2.31. The van der Waals surface area contributed by atoms with Gasteiger partial charge in [-0.15, -0.1) is 11.3 Å². The zero-order valence-corrected chi connectivity index (χ0v) is 22.1. The average Bonchev–Trinajstić information content (AvgIpc) is 3.40. The summed E-state index contributed by atoms with van der Waals surface area (Å²) in [6.45, 7) is 3.60. The van der Waals surface area contributed by atoms with Crippen LogP contribution in [-0.2, 0) is 16.0 Å². The van der Waals surface area contributed by atoms with Crippen molar-refractivity contribution in [2.75, 3.05) is 31.6 Å². The number of piperidine rings is 1. The number of nitrogens with zero attached hydrogens (tertiary/aromatic N) is 2. The molecule has 1 fully saturated rings. The van der Waals surface area contributed by atoms with Crippen molar-refractivity contribution in [3.05, 3.63) is 76.0 Å². The van der Waals surface area contributed by atoms with Gasteiger partial charge in [0.15, 0.2) is 0 Å². The molecule has 3 amide bonds. The fourth-order valence-electron chi connectivity index (χ4n) is 4.27. The van der Waals surface area contributed by atoms with Crippen molar-refractivity contribution in [3.8, 4) is 5.75 Å². The van der Waals surface area contributed by atoms with Crippen LogP contribution >= 0.6 is 11.3 Å². The Morgan fingerprint density at radius 1 is 1.13 bits per heavy atom. The van der Waals surface area contributed by atoms with Crippen LogP contribution in [0.1, 0.15) is 53.2 Å². The SMILES string of the molecule is CC(=O)Nc1cccc(OCCCNC(=O)c2csc(C3CCN(C(=O)Cc4ccc(F)cc4)CC3)n2)c1. The molecule has 1 aliphatic heterocycles. The van der Waals surface area contributed by atoms with E-state index in [-0.39, 0.29) is 35.9 Å². The van der Waals surface area contributed by atoms with Crippen LogP contribution in [0.15, 0.2) is 53.9 Å². The minimum absolute atomic E-state index is 0.0404. The number of nitrogens with one attached hydrogen (secondary N) is 2. The summed E-state index contributed by atoms with van der Waals surface area (Å²) in [4.78, 5) is 42.7. The van der Waals surface area contributed by atoms with Crippen molar-refractivity contribution in [2.24, 2.45) is 0 Å². The lowest BCUT2D eigenvalue weighted by molar-refractivity contribution is -0.131. The fourth-order valence-corrected chi connectivity index (χ4v) is 5.24. The normalized spacial score (nSPS) is 13.7. The number of ether oxygens (including phenoxy) is 1. The Morgan fingerprint density at radius 2 is 1.89 bits per heavy atom. The third kappa shape index (κ3) is 7.85. The van der Waals surface area contributed by atoms with Crippen molar-refractivity contribution >= 4 is 34.7 Å². The van der Waals surface area contributed by atoms with E-state index in [1.807, 2.05) is 11.0 Å². The first-order valence-electron chi connectivity index (χ1n) is 12.6. The average molecular weight is 539 g/mol. The zero-order valence-electron chi connectivity index (χ0n) is 21.2. The largest absolute Gasteiger partial charge is 0.493 e. The maximum atomic E-state index is 13.1. The van der Waals surface area contributed by atoms with Crippen LogP contribution in [0.4, 0.5) is 10.1 Å². The minimum Gasteiger partial charge on any atom is -0.493 e. The molecule has 0 spiro atoms. The molecule has 1 aliphatic rings. The number of likely N-dealkylation sites (tertiary alicyclic amines) is 1. The van der Waals surface area contributed by atoms with Gasteiger partial charge in [0, 0.05) is 49.6 Å². The zero-order chi connectivity index (χ0) is 26.9. The molecule has 0 unspecified atom stereocenters. The van der Waals surface area contributed by atoms with Crippen LogP contribution in [0.2, 0.25) is 0 Å². The Bertz CT molecular complexity index is 1260. The predicted molar refractivity (Wildman–Crippen MR) is 144 cm³/mol. The number of amides is 3. The van der Waals surface area contributed by atoms with Crippen LogP contribution < -0.4 is 15.4 Å². The van der Waals surface area contributed by atoms with Crippen LogP contribution in [0.5, 0.6) is 5.75 Å². The third-order valence-electron chi connectivity index (χ3n) is 6.25. The van der Waals surface area contributed by atoms with E-state index in [1.165, 1.54) is 30.4 Å². The molecule has 0 bridgehead atoms. The first-order chi connectivity index (χ1) is 18.4. The van der Waals surface area contributed by atoms with E-state index in [4.69, 9.17) is 4.74 Å². The molecule has 10 heteroatoms. The number of halogens is 1. The Hall–Kier alpha value is -3.79. The summed E-state index contributed by atoms with van der Waals surface area (Å²) < 4.78 is 18.8. The number of anilines is 1. The van der Waals surface area contributed by atoms with Crippen LogP contribution in [0.25, 0.3) is 0 Å². The highest BCUT2D eigenvalue weighted by atomic mass is 32.1. The van der Waals surface area contributed by atoms with Crippen LogP contribution in [0.3, 0.4) is 0 Å². The summed E-state index contributed by atoms with van der Waals surface area (Å²) >= 11 is 1.48. The fraction of sp³-hybridized carbons (Fsp3) is 0.357. The van der Waals surface area contributed by atoms with E-state index >= 15 is 0 Å². The van der Waals surface area contributed by atoms with E-state index in [0.29, 0.717) is 49.8 Å². The summed E-state index contributed by atoms with van der Waals surface area (Å²) in [6, 6.07) is 13.2. The van der Waals surface area contributed by atoms with Crippen LogP contribution in [0, 0.1) is 5.82 Å². The minimum atomic E-state index is -0.310. The number of aromatic nitrogens is 1. The lowest BCUT2D eigenvalue weighted by atomic mass is 9.97. The summed E-state index contributed by atoms with van der Waals surface area (Å²) in [5.41, 5.74) is 1.88. The van der Waals surface area contributed by atoms with Gasteiger partial charge in [-0.2, -0.15) is 0 Å². The second-order valence-electron chi connectivity index (χ2n) is 9.20. The monoisotopic (exact) mass is 538 g/mol. The first kappa shape index (κ1) is 27.3. The van der Waals surface area contributed by atoms with Gasteiger partial charge in [-0.1, -0.05) is 18.2 Å². The third-order valence-corrected chi connectivity index (χ3v) is 7.26. The highest BCUT2D eigenvalue weighted by Gasteiger charge is 2.26. The molecule has 2 heterocycles. The Balaban J connectivity index is 1.16. The maximum absolute atomic E-state index is 13.1. The second kappa shape index (κ2) is 13.1. The molecule has 0 saturated carbocycles. The molecule has 1 aromatic heterocycles. The van der Waals surface area contributed by atoms with Crippen molar-refractivity contribution in [3.63, 3.8) is 0 Å². The number of rotatable bonds is 10. The van der Waals surface area contributed by atoms with Crippen molar-refractivity contribution < 1.29 is 23.5 Å². The Kier molecular flexibility index (Phi) is 9.42. The van der Waals surface area contributed by atoms with E-state index in [1.54, 1.807) is 35.7 Å². The molecule has 3 aromatic rings. The van der Waals surface area contributed by atoms with Gasteiger partial charge in [-0.3, -0.25) is 14.4 Å². The molecule has 8 nitrogen and oxygen atoms in total. The van der Waals surface area contributed by atoms with Gasteiger partial charge in [0.05, 0.1) is 18.0 Å². The number of thiazole rings is 1. The summed E-state index contributed by atoms with van der Waals surface area (Å²) in [5, 5.41) is 8.29. The highest BCUT2D eigenvalue weighted by molar-refractivity contribution is 7.09. The Morgan fingerprint density at radius 3 is 2.63 bits per heavy atom. The summed E-state index contributed by atoms with van der Waals surface area (Å²) in [7, 11) is 0. The predicted octanol–water partition coefficient (Wildman–Crippen LogP) is 4.39. The molecule has 0 aliphatic carbocycles. The van der Waals surface area contributed by atoms with Crippen molar-refractivity contribution in [2.45, 2.75) is 38.5 Å². The van der Waals surface area contributed by atoms with E-state index < -0.39 is 0 Å². The lowest BCUT2D eigenvalue weighted by Crippen LogP contribution is -2.38. The van der Waals surface area contributed by atoms with Gasteiger partial charge < -0.3 is 20.3 Å². The molecule has 0 radical (unpaired) electrons. The smallest absolute Gasteiger partial charge is 0.270 e. The molecule has 0 atom stereocenters. The van der Waals surface area contributed by atoms with Gasteiger partial charge in [-0.25, -0.2) is 9.37 Å². The number of benzene rings is 2. The van der Waals surface area contributed by atoms with E-state index in [9.17, 15) is 18.8 Å². The van der Waals surface area contributed by atoms with Gasteiger partial charge in [0.25, 0.3) is 5.91 Å². The molecule has 200 valence electrons. The van der Waals surface area contributed by atoms with Gasteiger partial charge >= 0.3 is 0 Å².